The SMILES string of the molecule is C=C(C)C(=O)OCCOP(=O)([O-])O.[K+]. The zero-order valence-corrected chi connectivity index (χ0v) is 12.1. The van der Waals surface area contributed by atoms with Gasteiger partial charge in [-0.3, -0.25) is 4.57 Å². The third-order valence-electron chi connectivity index (χ3n) is 0.919. The summed E-state index contributed by atoms with van der Waals surface area (Å²) in [5, 5.41) is 0. The molecule has 0 saturated heterocycles. The average Bonchev–Trinajstić information content (AvgIpc) is 1.95. The van der Waals surface area contributed by atoms with Crippen LogP contribution in [0.5, 0.6) is 0 Å². The second-order valence-corrected chi connectivity index (χ2v) is 3.41. The van der Waals surface area contributed by atoms with E-state index < -0.39 is 20.4 Å². The van der Waals surface area contributed by atoms with Crippen molar-refractivity contribution in [3.8, 4) is 0 Å². The maximum atomic E-state index is 10.7. The minimum Gasteiger partial charge on any atom is -0.756 e. The first-order valence-corrected chi connectivity index (χ1v) is 4.83. The fraction of sp³-hybridized carbons (Fsp3) is 0.500. The molecule has 8 heteroatoms. The second-order valence-electron chi connectivity index (χ2n) is 2.22. The van der Waals surface area contributed by atoms with E-state index in [2.05, 4.69) is 15.8 Å². The van der Waals surface area contributed by atoms with Gasteiger partial charge in [-0.25, -0.2) is 4.79 Å². The summed E-state index contributed by atoms with van der Waals surface area (Å²) in [7, 11) is -4.71. The molecule has 0 radical (unpaired) electrons. The predicted octanol–water partition coefficient (Wildman–Crippen LogP) is -3.41. The molecule has 76 valence electrons. The molecule has 0 aromatic heterocycles. The van der Waals surface area contributed by atoms with Crippen LogP contribution in [0.15, 0.2) is 12.2 Å². The van der Waals surface area contributed by atoms with Gasteiger partial charge in [-0.1, -0.05) is 6.58 Å². The monoisotopic (exact) mass is 248 g/mol. The summed E-state index contributed by atoms with van der Waals surface area (Å²) >= 11 is 0. The first-order valence-electron chi connectivity index (χ1n) is 3.34. The van der Waals surface area contributed by atoms with Gasteiger partial charge >= 0.3 is 57.4 Å². The zero-order chi connectivity index (χ0) is 10.5. The van der Waals surface area contributed by atoms with Crippen LogP contribution in [0.3, 0.4) is 0 Å². The molecule has 0 aliphatic rings. The van der Waals surface area contributed by atoms with Crippen LogP contribution in [0.1, 0.15) is 6.92 Å². The Morgan fingerprint density at radius 3 is 2.43 bits per heavy atom. The molecular weight excluding hydrogens is 238 g/mol. The molecule has 0 spiro atoms. The summed E-state index contributed by atoms with van der Waals surface area (Å²) in [6.07, 6.45) is 0. The third-order valence-corrected chi connectivity index (χ3v) is 1.43. The fourth-order valence-corrected chi connectivity index (χ4v) is 0.715. The largest absolute Gasteiger partial charge is 1.00 e. The van der Waals surface area contributed by atoms with E-state index >= 15 is 0 Å². The van der Waals surface area contributed by atoms with E-state index in [9.17, 15) is 14.3 Å². The van der Waals surface area contributed by atoms with E-state index in [0.29, 0.717) is 0 Å². The molecule has 14 heavy (non-hydrogen) atoms. The molecule has 0 saturated carbocycles. The predicted molar refractivity (Wildman–Crippen MR) is 41.6 cm³/mol. The van der Waals surface area contributed by atoms with Gasteiger partial charge in [-0.05, 0) is 6.92 Å². The third kappa shape index (κ3) is 11.0. The van der Waals surface area contributed by atoms with Gasteiger partial charge in [0, 0.05) is 5.57 Å². The molecule has 0 bridgehead atoms. The Morgan fingerprint density at radius 2 is 2.07 bits per heavy atom. The second kappa shape index (κ2) is 8.15. The van der Waals surface area contributed by atoms with E-state index in [1.54, 1.807) is 0 Å². The van der Waals surface area contributed by atoms with Gasteiger partial charge in [0.05, 0.1) is 6.61 Å². The summed E-state index contributed by atoms with van der Waals surface area (Å²) in [6, 6.07) is 0. The summed E-state index contributed by atoms with van der Waals surface area (Å²) in [6.45, 7) is 4.10. The summed E-state index contributed by atoms with van der Waals surface area (Å²) in [5.74, 6) is -0.637. The zero-order valence-electron chi connectivity index (χ0n) is 8.06. The van der Waals surface area contributed by atoms with Gasteiger partial charge in [-0.15, -0.1) is 0 Å². The normalized spacial score (nSPS) is 13.6. The van der Waals surface area contributed by atoms with Crippen molar-refractivity contribution in [1.29, 1.82) is 0 Å². The molecule has 1 unspecified atom stereocenters. The maximum Gasteiger partial charge on any atom is 1.00 e. The minimum atomic E-state index is -4.71. The molecule has 1 N–H and O–H groups in total. The van der Waals surface area contributed by atoms with Crippen LogP contribution in [0.2, 0.25) is 0 Å². The van der Waals surface area contributed by atoms with E-state index in [1.807, 2.05) is 0 Å². The number of rotatable bonds is 5. The number of hydrogen-bond acceptors (Lipinski definition) is 5. The van der Waals surface area contributed by atoms with Gasteiger partial charge in [0.15, 0.2) is 0 Å². The molecule has 6 nitrogen and oxygen atoms in total. The number of ether oxygens (including phenoxy) is 1. The van der Waals surface area contributed by atoms with Crippen molar-refractivity contribution in [2.75, 3.05) is 13.2 Å². The number of carbonyl (C=O) groups is 1. The average molecular weight is 248 g/mol. The van der Waals surface area contributed by atoms with Gasteiger partial charge in [-0.2, -0.15) is 0 Å². The standard InChI is InChI=1S/C6H11O6P.K/c1-5(2)6(7)11-3-4-12-13(8,9)10;/h1,3-4H2,2H3,(H2,8,9,10);/q;+1/p-1. The Balaban J connectivity index is 0. The van der Waals surface area contributed by atoms with Gasteiger partial charge < -0.3 is 19.0 Å². The summed E-state index contributed by atoms with van der Waals surface area (Å²) in [5.41, 5.74) is 0.203. The Kier molecular flexibility index (Phi) is 10.1. The van der Waals surface area contributed by atoms with Crippen LogP contribution in [0, 0.1) is 0 Å². The van der Waals surface area contributed by atoms with E-state index in [4.69, 9.17) is 4.89 Å². The van der Waals surface area contributed by atoms with Crippen molar-refractivity contribution in [3.05, 3.63) is 12.2 Å². The quantitative estimate of drug-likeness (QED) is 0.179. The van der Waals surface area contributed by atoms with Gasteiger partial charge in [0.2, 0.25) is 0 Å². The molecule has 0 aromatic carbocycles. The maximum absolute atomic E-state index is 10.7. The molecule has 0 rings (SSSR count). The first-order chi connectivity index (χ1) is 5.83. The molecule has 0 heterocycles. The van der Waals surface area contributed by atoms with E-state index in [1.165, 1.54) is 6.92 Å². The van der Waals surface area contributed by atoms with E-state index in [0.717, 1.165) is 0 Å². The van der Waals surface area contributed by atoms with Crippen LogP contribution < -0.4 is 56.3 Å². The Morgan fingerprint density at radius 1 is 1.57 bits per heavy atom. The van der Waals surface area contributed by atoms with Crippen LogP contribution >= 0.6 is 7.82 Å². The van der Waals surface area contributed by atoms with Crippen molar-refractivity contribution < 1.29 is 79.8 Å². The van der Waals surface area contributed by atoms with Crippen molar-refractivity contribution in [3.63, 3.8) is 0 Å². The van der Waals surface area contributed by atoms with Gasteiger partial charge in [0.25, 0.3) is 7.82 Å². The molecule has 0 fully saturated rings. The Hall–Kier alpha value is 0.956. The number of hydrogen-bond donors (Lipinski definition) is 1. The molecule has 0 aromatic rings. The summed E-state index contributed by atoms with van der Waals surface area (Å²) in [4.78, 5) is 28.8. The van der Waals surface area contributed by atoms with Crippen molar-refractivity contribution in [2.45, 2.75) is 6.92 Å². The van der Waals surface area contributed by atoms with Crippen molar-refractivity contribution >= 4 is 13.8 Å². The van der Waals surface area contributed by atoms with Crippen LogP contribution in [-0.4, -0.2) is 24.1 Å². The van der Waals surface area contributed by atoms with Crippen LogP contribution in [0.25, 0.3) is 0 Å². The molecule has 0 aliphatic carbocycles. The smallest absolute Gasteiger partial charge is 0.756 e. The Bertz CT molecular complexity index is 247. The molecule has 0 aliphatic heterocycles. The molecule has 0 amide bonds. The number of phosphoric ester groups is 1. The topological polar surface area (TPSA) is 95.9 Å². The minimum absolute atomic E-state index is 0. The first kappa shape index (κ1) is 17.4. The van der Waals surface area contributed by atoms with E-state index in [-0.39, 0.29) is 63.6 Å². The number of carbonyl (C=O) groups excluding carboxylic acids is 1. The molecular formula is C6H10KO6P. The van der Waals surface area contributed by atoms with Crippen molar-refractivity contribution in [1.82, 2.24) is 0 Å². The number of esters is 1. The summed E-state index contributed by atoms with van der Waals surface area (Å²) < 4.78 is 18.4. The Labute approximate surface area is 124 Å². The van der Waals surface area contributed by atoms with Crippen LogP contribution in [0.4, 0.5) is 0 Å². The van der Waals surface area contributed by atoms with Crippen molar-refractivity contribution in [2.24, 2.45) is 0 Å². The van der Waals surface area contributed by atoms with Crippen LogP contribution in [-0.2, 0) is 18.6 Å². The number of phosphoric acid groups is 1. The molecule has 1 atom stereocenters. The fourth-order valence-electron chi connectivity index (χ4n) is 0.410. The van der Waals surface area contributed by atoms with Gasteiger partial charge in [0.1, 0.15) is 6.61 Å².